The SMILES string of the molecule is Cc1ccc(CN(C(=O)c2nc(SC(C)C)ncc2Cl)[C@@H]2CCS(=O)(=O)C2)cc1. The van der Waals surface area contributed by atoms with Crippen molar-refractivity contribution in [2.24, 2.45) is 0 Å². The zero-order valence-electron chi connectivity index (χ0n) is 16.6. The normalized spacial score (nSPS) is 18.2. The lowest BCUT2D eigenvalue weighted by atomic mass is 10.1. The van der Waals surface area contributed by atoms with Crippen molar-refractivity contribution in [1.82, 2.24) is 14.9 Å². The van der Waals surface area contributed by atoms with Crippen LogP contribution in [0.25, 0.3) is 0 Å². The van der Waals surface area contributed by atoms with Crippen LogP contribution in [0.3, 0.4) is 0 Å². The Morgan fingerprint density at radius 1 is 1.31 bits per heavy atom. The average Bonchev–Trinajstić information content (AvgIpc) is 3.01. The predicted molar refractivity (Wildman–Crippen MR) is 116 cm³/mol. The Hall–Kier alpha value is -1.64. The van der Waals surface area contributed by atoms with Gasteiger partial charge >= 0.3 is 0 Å². The average molecular weight is 454 g/mol. The molecule has 0 spiro atoms. The van der Waals surface area contributed by atoms with E-state index in [0.29, 0.717) is 18.1 Å². The van der Waals surface area contributed by atoms with Crippen LogP contribution < -0.4 is 0 Å². The molecular formula is C20H24ClN3O3S2. The molecule has 0 bridgehead atoms. The van der Waals surface area contributed by atoms with Crippen LogP contribution >= 0.6 is 23.4 Å². The minimum atomic E-state index is -3.15. The Kier molecular flexibility index (Phi) is 6.86. The van der Waals surface area contributed by atoms with Gasteiger partial charge in [0.2, 0.25) is 0 Å². The zero-order valence-corrected chi connectivity index (χ0v) is 19.0. The first-order valence-corrected chi connectivity index (χ1v) is 12.5. The number of aromatic nitrogens is 2. The quantitative estimate of drug-likeness (QED) is 0.489. The van der Waals surface area contributed by atoms with Crippen LogP contribution in [0.2, 0.25) is 5.02 Å². The Morgan fingerprint density at radius 2 is 2.00 bits per heavy atom. The molecule has 29 heavy (non-hydrogen) atoms. The standard InChI is InChI=1S/C20H24ClN3O3S2/c1-13(2)28-20-22-10-17(21)18(23-20)19(25)24(16-8-9-29(26,27)12-16)11-15-6-4-14(3)5-7-15/h4-7,10,13,16H,8-9,11-12H2,1-3H3/t16-/m1/s1. The van der Waals surface area contributed by atoms with Gasteiger partial charge in [0.15, 0.2) is 20.7 Å². The molecule has 156 valence electrons. The highest BCUT2D eigenvalue weighted by Crippen LogP contribution is 2.26. The first-order chi connectivity index (χ1) is 13.6. The molecule has 1 atom stereocenters. The van der Waals surface area contributed by atoms with Crippen molar-refractivity contribution in [3.8, 4) is 0 Å². The summed E-state index contributed by atoms with van der Waals surface area (Å²) >= 11 is 7.70. The van der Waals surface area contributed by atoms with E-state index < -0.39 is 15.9 Å². The number of hydrogen-bond acceptors (Lipinski definition) is 6. The lowest BCUT2D eigenvalue weighted by molar-refractivity contribution is 0.0674. The maximum Gasteiger partial charge on any atom is 0.274 e. The van der Waals surface area contributed by atoms with Crippen LogP contribution in [0.5, 0.6) is 0 Å². The second-order valence-corrected chi connectivity index (χ2v) is 11.7. The molecule has 2 heterocycles. The molecule has 0 unspecified atom stereocenters. The largest absolute Gasteiger partial charge is 0.329 e. The molecule has 0 aliphatic carbocycles. The number of amides is 1. The van der Waals surface area contributed by atoms with Crippen LogP contribution in [-0.2, 0) is 16.4 Å². The van der Waals surface area contributed by atoms with Gasteiger partial charge in [-0.05, 0) is 18.9 Å². The van der Waals surface area contributed by atoms with E-state index in [-0.39, 0.29) is 33.4 Å². The van der Waals surface area contributed by atoms with Crippen molar-refractivity contribution in [3.05, 3.63) is 52.3 Å². The number of nitrogens with zero attached hydrogens (tertiary/aromatic N) is 3. The number of sulfone groups is 1. The van der Waals surface area contributed by atoms with E-state index in [1.165, 1.54) is 18.0 Å². The van der Waals surface area contributed by atoms with E-state index in [0.717, 1.165) is 11.1 Å². The molecule has 0 radical (unpaired) electrons. The smallest absolute Gasteiger partial charge is 0.274 e. The number of hydrogen-bond donors (Lipinski definition) is 0. The van der Waals surface area contributed by atoms with Crippen molar-refractivity contribution < 1.29 is 13.2 Å². The van der Waals surface area contributed by atoms with Gasteiger partial charge in [-0.2, -0.15) is 0 Å². The third-order valence-electron chi connectivity index (χ3n) is 4.65. The summed E-state index contributed by atoms with van der Waals surface area (Å²) in [5.74, 6) is -0.326. The van der Waals surface area contributed by atoms with E-state index in [2.05, 4.69) is 9.97 Å². The molecule has 1 amide bonds. The second-order valence-electron chi connectivity index (χ2n) is 7.49. The first-order valence-electron chi connectivity index (χ1n) is 9.41. The molecule has 1 aliphatic heterocycles. The summed E-state index contributed by atoms with van der Waals surface area (Å²) in [5, 5.41) is 0.891. The van der Waals surface area contributed by atoms with Gasteiger partial charge in [0.05, 0.1) is 22.7 Å². The fourth-order valence-electron chi connectivity index (χ4n) is 3.18. The number of carbonyl (C=O) groups excluding carboxylic acids is 1. The van der Waals surface area contributed by atoms with Crippen LogP contribution in [0.15, 0.2) is 35.6 Å². The Bertz CT molecular complexity index is 995. The van der Waals surface area contributed by atoms with Crippen LogP contribution in [0.4, 0.5) is 0 Å². The predicted octanol–water partition coefficient (Wildman–Crippen LogP) is 3.77. The number of rotatable bonds is 6. The molecule has 1 aromatic heterocycles. The lowest BCUT2D eigenvalue weighted by Crippen LogP contribution is -2.41. The highest BCUT2D eigenvalue weighted by atomic mass is 35.5. The van der Waals surface area contributed by atoms with Crippen molar-refractivity contribution in [1.29, 1.82) is 0 Å². The molecule has 6 nitrogen and oxygen atoms in total. The maximum atomic E-state index is 13.4. The fourth-order valence-corrected chi connectivity index (χ4v) is 5.76. The van der Waals surface area contributed by atoms with Crippen molar-refractivity contribution in [3.63, 3.8) is 0 Å². The molecule has 1 fully saturated rings. The molecule has 0 N–H and O–H groups in total. The molecule has 3 rings (SSSR count). The second kappa shape index (κ2) is 9.02. The fraction of sp³-hybridized carbons (Fsp3) is 0.450. The Labute approximate surface area is 181 Å². The van der Waals surface area contributed by atoms with Gasteiger partial charge in [0.25, 0.3) is 5.91 Å². The Balaban J connectivity index is 1.94. The maximum absolute atomic E-state index is 13.4. The van der Waals surface area contributed by atoms with E-state index in [4.69, 9.17) is 11.6 Å². The van der Waals surface area contributed by atoms with Gasteiger partial charge in [-0.1, -0.05) is 67.0 Å². The van der Waals surface area contributed by atoms with Gasteiger partial charge < -0.3 is 4.90 Å². The van der Waals surface area contributed by atoms with Crippen LogP contribution in [0, 0.1) is 6.92 Å². The van der Waals surface area contributed by atoms with Crippen molar-refractivity contribution >= 4 is 39.1 Å². The zero-order chi connectivity index (χ0) is 21.2. The third kappa shape index (κ3) is 5.71. The topological polar surface area (TPSA) is 80.2 Å². The summed E-state index contributed by atoms with van der Waals surface area (Å²) in [6.07, 6.45) is 1.85. The van der Waals surface area contributed by atoms with Crippen molar-refractivity contribution in [2.45, 2.75) is 50.2 Å². The number of carbonyl (C=O) groups is 1. The number of aryl methyl sites for hydroxylation is 1. The van der Waals surface area contributed by atoms with Gasteiger partial charge in [0, 0.05) is 17.8 Å². The molecular weight excluding hydrogens is 430 g/mol. The van der Waals surface area contributed by atoms with E-state index in [1.54, 1.807) is 4.90 Å². The highest BCUT2D eigenvalue weighted by Gasteiger charge is 2.36. The van der Waals surface area contributed by atoms with Gasteiger partial charge in [-0.15, -0.1) is 0 Å². The van der Waals surface area contributed by atoms with Crippen LogP contribution in [0.1, 0.15) is 41.9 Å². The highest BCUT2D eigenvalue weighted by molar-refractivity contribution is 7.99. The van der Waals surface area contributed by atoms with E-state index >= 15 is 0 Å². The summed E-state index contributed by atoms with van der Waals surface area (Å²) in [6.45, 7) is 6.31. The number of halogens is 1. The molecule has 1 aliphatic rings. The van der Waals surface area contributed by atoms with Crippen molar-refractivity contribution in [2.75, 3.05) is 11.5 Å². The van der Waals surface area contributed by atoms with E-state index in [9.17, 15) is 13.2 Å². The molecule has 1 saturated heterocycles. The summed E-state index contributed by atoms with van der Waals surface area (Å²) in [5.41, 5.74) is 2.15. The van der Waals surface area contributed by atoms with Gasteiger partial charge in [-0.25, -0.2) is 18.4 Å². The molecule has 1 aromatic carbocycles. The summed E-state index contributed by atoms with van der Waals surface area (Å²) in [6, 6.07) is 7.43. The minimum Gasteiger partial charge on any atom is -0.329 e. The van der Waals surface area contributed by atoms with E-state index in [1.807, 2.05) is 45.0 Å². The number of thioether (sulfide) groups is 1. The molecule has 2 aromatic rings. The minimum absolute atomic E-state index is 0.0408. The molecule has 0 saturated carbocycles. The third-order valence-corrected chi connectivity index (χ3v) is 7.56. The summed E-state index contributed by atoms with van der Waals surface area (Å²) < 4.78 is 24.1. The number of benzene rings is 1. The first kappa shape index (κ1) is 22.1. The summed E-state index contributed by atoms with van der Waals surface area (Å²) in [4.78, 5) is 23.6. The monoisotopic (exact) mass is 453 g/mol. The van der Waals surface area contributed by atoms with Crippen LogP contribution in [-0.4, -0.2) is 52.0 Å². The van der Waals surface area contributed by atoms with Gasteiger partial charge in [0.1, 0.15) is 0 Å². The summed E-state index contributed by atoms with van der Waals surface area (Å²) in [7, 11) is -3.15. The Morgan fingerprint density at radius 3 is 2.59 bits per heavy atom. The van der Waals surface area contributed by atoms with Gasteiger partial charge in [-0.3, -0.25) is 4.79 Å². The molecule has 9 heteroatoms. The lowest BCUT2D eigenvalue weighted by Gasteiger charge is -2.28.